The number of morpholine rings is 1. The number of nitrogens with zero attached hydrogens (tertiary/aromatic N) is 3. The van der Waals surface area contributed by atoms with Crippen molar-refractivity contribution in [2.75, 3.05) is 44.3 Å². The third-order valence-corrected chi connectivity index (χ3v) is 3.44. The van der Waals surface area contributed by atoms with Crippen LogP contribution in [0, 0.1) is 6.92 Å². The zero-order chi connectivity index (χ0) is 13.1. The van der Waals surface area contributed by atoms with Crippen LogP contribution in [0.3, 0.4) is 0 Å². The maximum absolute atomic E-state index is 5.92. The van der Waals surface area contributed by atoms with Crippen LogP contribution in [0.1, 0.15) is 12.2 Å². The SMILES string of the molecule is Cc1nc(OC2CCNC2)cc(N2CCOCC2)n1. The average Bonchev–Trinajstić information content (AvgIpc) is 2.92. The number of hydrogen-bond donors (Lipinski definition) is 1. The van der Waals surface area contributed by atoms with Gasteiger partial charge in [0.15, 0.2) is 0 Å². The first-order valence-corrected chi connectivity index (χ1v) is 6.87. The average molecular weight is 264 g/mol. The first-order chi connectivity index (χ1) is 9.31. The van der Waals surface area contributed by atoms with Gasteiger partial charge in [0.1, 0.15) is 17.7 Å². The smallest absolute Gasteiger partial charge is 0.219 e. The predicted molar refractivity (Wildman–Crippen MR) is 71.7 cm³/mol. The molecule has 3 rings (SSSR count). The van der Waals surface area contributed by atoms with Gasteiger partial charge in [0.2, 0.25) is 5.88 Å². The number of nitrogens with one attached hydrogen (secondary N) is 1. The lowest BCUT2D eigenvalue weighted by molar-refractivity contribution is 0.122. The molecule has 2 saturated heterocycles. The van der Waals surface area contributed by atoms with Gasteiger partial charge in [0.05, 0.1) is 13.2 Å². The molecule has 1 N–H and O–H groups in total. The summed E-state index contributed by atoms with van der Waals surface area (Å²) < 4.78 is 11.3. The molecule has 0 radical (unpaired) electrons. The molecule has 2 fully saturated rings. The number of ether oxygens (including phenoxy) is 2. The van der Waals surface area contributed by atoms with Crippen molar-refractivity contribution in [3.8, 4) is 5.88 Å². The molecule has 3 heterocycles. The molecule has 0 spiro atoms. The Labute approximate surface area is 113 Å². The van der Waals surface area contributed by atoms with E-state index in [1.54, 1.807) is 0 Å². The van der Waals surface area contributed by atoms with Gasteiger partial charge >= 0.3 is 0 Å². The van der Waals surface area contributed by atoms with Crippen LogP contribution in [0.2, 0.25) is 0 Å². The van der Waals surface area contributed by atoms with Crippen molar-refractivity contribution in [1.29, 1.82) is 0 Å². The van der Waals surface area contributed by atoms with Crippen molar-refractivity contribution in [2.24, 2.45) is 0 Å². The zero-order valence-electron chi connectivity index (χ0n) is 11.3. The van der Waals surface area contributed by atoms with Crippen molar-refractivity contribution >= 4 is 5.82 Å². The number of anilines is 1. The predicted octanol–water partition coefficient (Wildman–Crippen LogP) is 0.362. The molecule has 1 unspecified atom stereocenters. The van der Waals surface area contributed by atoms with Crippen LogP contribution in [0.25, 0.3) is 0 Å². The van der Waals surface area contributed by atoms with E-state index in [9.17, 15) is 0 Å². The lowest BCUT2D eigenvalue weighted by Crippen LogP contribution is -2.37. The lowest BCUT2D eigenvalue weighted by atomic mass is 10.3. The van der Waals surface area contributed by atoms with Gasteiger partial charge in [-0.2, -0.15) is 4.98 Å². The van der Waals surface area contributed by atoms with Crippen LogP contribution in [0.5, 0.6) is 5.88 Å². The minimum Gasteiger partial charge on any atom is -0.473 e. The Bertz CT molecular complexity index is 429. The van der Waals surface area contributed by atoms with Crippen molar-refractivity contribution in [3.05, 3.63) is 11.9 Å². The van der Waals surface area contributed by atoms with E-state index in [1.165, 1.54) is 0 Å². The summed E-state index contributed by atoms with van der Waals surface area (Å²) in [6.45, 7) is 7.09. The maximum Gasteiger partial charge on any atom is 0.219 e. The fraction of sp³-hybridized carbons (Fsp3) is 0.692. The van der Waals surface area contributed by atoms with Gasteiger partial charge in [-0.1, -0.05) is 0 Å². The van der Waals surface area contributed by atoms with Gasteiger partial charge in [0, 0.05) is 25.7 Å². The van der Waals surface area contributed by atoms with Gasteiger partial charge < -0.3 is 19.7 Å². The number of aromatic nitrogens is 2. The molecule has 0 amide bonds. The molecule has 1 aromatic rings. The molecule has 1 aromatic heterocycles. The first kappa shape index (κ1) is 12.6. The van der Waals surface area contributed by atoms with E-state index >= 15 is 0 Å². The normalized spacial score (nSPS) is 23.6. The van der Waals surface area contributed by atoms with Crippen LogP contribution < -0.4 is 15.0 Å². The molecule has 19 heavy (non-hydrogen) atoms. The topological polar surface area (TPSA) is 59.5 Å². The van der Waals surface area contributed by atoms with Gasteiger partial charge in [-0.15, -0.1) is 0 Å². The Hall–Kier alpha value is -1.40. The highest BCUT2D eigenvalue weighted by atomic mass is 16.5. The van der Waals surface area contributed by atoms with E-state index in [-0.39, 0.29) is 6.10 Å². The van der Waals surface area contributed by atoms with Crippen molar-refractivity contribution in [2.45, 2.75) is 19.4 Å². The molecule has 2 aliphatic rings. The van der Waals surface area contributed by atoms with Gasteiger partial charge in [0.25, 0.3) is 0 Å². The summed E-state index contributed by atoms with van der Waals surface area (Å²) in [6.07, 6.45) is 1.27. The van der Waals surface area contributed by atoms with Crippen LogP contribution >= 0.6 is 0 Å². The molecule has 6 nitrogen and oxygen atoms in total. The molecule has 0 saturated carbocycles. The molecule has 104 valence electrons. The number of hydrogen-bond acceptors (Lipinski definition) is 6. The Balaban J connectivity index is 1.74. The van der Waals surface area contributed by atoms with E-state index in [0.717, 1.165) is 57.5 Å². The summed E-state index contributed by atoms with van der Waals surface area (Å²) in [5, 5.41) is 3.29. The third kappa shape index (κ3) is 3.13. The molecule has 0 bridgehead atoms. The van der Waals surface area contributed by atoms with Crippen LogP contribution in [0.4, 0.5) is 5.82 Å². The quantitative estimate of drug-likeness (QED) is 0.851. The van der Waals surface area contributed by atoms with E-state index < -0.39 is 0 Å². The monoisotopic (exact) mass is 264 g/mol. The second-order valence-electron chi connectivity index (χ2n) is 4.94. The molecule has 2 aliphatic heterocycles. The van der Waals surface area contributed by atoms with Gasteiger partial charge in [-0.05, 0) is 19.9 Å². The minimum atomic E-state index is 0.229. The highest BCUT2D eigenvalue weighted by Gasteiger charge is 2.19. The van der Waals surface area contributed by atoms with E-state index in [0.29, 0.717) is 5.88 Å². The van der Waals surface area contributed by atoms with E-state index in [4.69, 9.17) is 9.47 Å². The second kappa shape index (κ2) is 5.71. The van der Waals surface area contributed by atoms with E-state index in [2.05, 4.69) is 20.2 Å². The standard InChI is InChI=1S/C13H20N4O2/c1-10-15-12(17-4-6-18-7-5-17)8-13(16-10)19-11-2-3-14-9-11/h8,11,14H,2-7,9H2,1H3. The first-order valence-electron chi connectivity index (χ1n) is 6.87. The van der Waals surface area contributed by atoms with Crippen molar-refractivity contribution < 1.29 is 9.47 Å². The molecule has 6 heteroatoms. The zero-order valence-corrected chi connectivity index (χ0v) is 11.3. The maximum atomic E-state index is 5.92. The molecular formula is C13H20N4O2. The third-order valence-electron chi connectivity index (χ3n) is 3.44. The summed E-state index contributed by atoms with van der Waals surface area (Å²) in [5.41, 5.74) is 0. The van der Waals surface area contributed by atoms with E-state index in [1.807, 2.05) is 13.0 Å². The fourth-order valence-corrected chi connectivity index (χ4v) is 2.44. The Morgan fingerprint density at radius 2 is 2.21 bits per heavy atom. The molecule has 0 aliphatic carbocycles. The largest absolute Gasteiger partial charge is 0.473 e. The van der Waals surface area contributed by atoms with Crippen LogP contribution in [-0.2, 0) is 4.74 Å². The van der Waals surface area contributed by atoms with Crippen molar-refractivity contribution in [1.82, 2.24) is 15.3 Å². The highest BCUT2D eigenvalue weighted by molar-refractivity contribution is 5.42. The number of aryl methyl sites for hydroxylation is 1. The van der Waals surface area contributed by atoms with Gasteiger partial charge in [-0.3, -0.25) is 0 Å². The Morgan fingerprint density at radius 3 is 2.95 bits per heavy atom. The van der Waals surface area contributed by atoms with Gasteiger partial charge in [-0.25, -0.2) is 4.98 Å². The Kier molecular flexibility index (Phi) is 3.79. The highest BCUT2D eigenvalue weighted by Crippen LogP contribution is 2.20. The summed E-state index contributed by atoms with van der Waals surface area (Å²) in [7, 11) is 0. The lowest BCUT2D eigenvalue weighted by Gasteiger charge is -2.28. The summed E-state index contributed by atoms with van der Waals surface area (Å²) in [4.78, 5) is 11.1. The van der Waals surface area contributed by atoms with Crippen LogP contribution in [0.15, 0.2) is 6.07 Å². The second-order valence-corrected chi connectivity index (χ2v) is 4.94. The molecule has 0 aromatic carbocycles. The summed E-state index contributed by atoms with van der Waals surface area (Å²) >= 11 is 0. The summed E-state index contributed by atoms with van der Waals surface area (Å²) in [5.74, 6) is 2.38. The summed E-state index contributed by atoms with van der Waals surface area (Å²) in [6, 6.07) is 1.94. The number of rotatable bonds is 3. The minimum absolute atomic E-state index is 0.229. The molecular weight excluding hydrogens is 244 g/mol. The Morgan fingerprint density at radius 1 is 1.37 bits per heavy atom. The van der Waals surface area contributed by atoms with Crippen LogP contribution in [-0.4, -0.2) is 55.5 Å². The molecule has 1 atom stereocenters. The van der Waals surface area contributed by atoms with Crippen molar-refractivity contribution in [3.63, 3.8) is 0 Å². The fourth-order valence-electron chi connectivity index (χ4n) is 2.44.